The van der Waals surface area contributed by atoms with Gasteiger partial charge in [0, 0.05) is 35.7 Å². The van der Waals surface area contributed by atoms with E-state index in [2.05, 4.69) is 21.5 Å². The van der Waals surface area contributed by atoms with Crippen molar-refractivity contribution >= 4 is 12.2 Å². The number of amides is 1. The molecule has 0 spiro atoms. The van der Waals surface area contributed by atoms with Gasteiger partial charge in [-0.2, -0.15) is 0 Å². The summed E-state index contributed by atoms with van der Waals surface area (Å²) in [4.78, 5) is 16.5. The molecular weight excluding hydrogens is 433 g/mol. The molecule has 0 unspecified atom stereocenters. The summed E-state index contributed by atoms with van der Waals surface area (Å²) in [5.74, 6) is 1.72. The second-order valence-electron chi connectivity index (χ2n) is 9.07. The van der Waals surface area contributed by atoms with Gasteiger partial charge in [0.15, 0.2) is 0 Å². The van der Waals surface area contributed by atoms with Crippen molar-refractivity contribution in [2.75, 3.05) is 6.61 Å². The van der Waals surface area contributed by atoms with E-state index >= 15 is 0 Å². The van der Waals surface area contributed by atoms with Gasteiger partial charge in [-0.25, -0.2) is 9.18 Å². The molecule has 0 aliphatic heterocycles. The minimum absolute atomic E-state index is 0.117. The quantitative estimate of drug-likeness (QED) is 0.523. The van der Waals surface area contributed by atoms with Crippen LogP contribution in [0.5, 0.6) is 0 Å². The first kappa shape index (κ1) is 22.3. The maximum atomic E-state index is 13.5. The number of carbonyl (C=O) groups is 1. The van der Waals surface area contributed by atoms with Gasteiger partial charge >= 0.3 is 6.09 Å². The number of hydrogen-bond acceptors (Lipinski definition) is 5. The minimum Gasteiger partial charge on any atom is -0.450 e. The first-order valence-corrected chi connectivity index (χ1v) is 11.9. The molecule has 0 radical (unpaired) electrons. The van der Waals surface area contributed by atoms with E-state index in [-0.39, 0.29) is 23.9 Å². The number of alkyl carbamates (subject to hydrolysis) is 1. The highest BCUT2D eigenvalue weighted by molar-refractivity contribution is 5.67. The summed E-state index contributed by atoms with van der Waals surface area (Å²) in [5, 5.41) is 7.07. The molecule has 2 aliphatic carbocycles. The zero-order valence-corrected chi connectivity index (χ0v) is 19.1. The maximum Gasteiger partial charge on any atom is 0.407 e. The zero-order valence-electron chi connectivity index (χ0n) is 19.1. The Morgan fingerprint density at radius 1 is 1.24 bits per heavy atom. The largest absolute Gasteiger partial charge is 0.450 e. The zero-order chi connectivity index (χ0) is 23.5. The number of rotatable bonds is 5. The van der Waals surface area contributed by atoms with Crippen LogP contribution in [0.4, 0.5) is 9.18 Å². The van der Waals surface area contributed by atoms with Crippen LogP contribution in [0.3, 0.4) is 0 Å². The van der Waals surface area contributed by atoms with Gasteiger partial charge in [0.05, 0.1) is 18.5 Å². The Labute approximate surface area is 198 Å². The third kappa shape index (κ3) is 4.74. The fourth-order valence-corrected chi connectivity index (χ4v) is 5.42. The number of fused-ring (bicyclic) bond motifs is 2. The number of pyridine rings is 1. The number of ether oxygens (including phenoxy) is 1. The lowest BCUT2D eigenvalue weighted by Crippen LogP contribution is -2.43. The number of aromatic nitrogens is 2. The second-order valence-corrected chi connectivity index (χ2v) is 9.07. The lowest BCUT2D eigenvalue weighted by atomic mass is 9.64. The van der Waals surface area contributed by atoms with Crippen molar-refractivity contribution in [3.63, 3.8) is 0 Å². The Morgan fingerprint density at radius 3 is 2.94 bits per heavy atom. The Morgan fingerprint density at radius 2 is 2.15 bits per heavy atom. The number of benzene rings is 1. The topological polar surface area (TPSA) is 77.2 Å². The van der Waals surface area contributed by atoms with E-state index in [0.29, 0.717) is 18.4 Å². The number of nitrogens with one attached hydrogen (secondary N) is 1. The van der Waals surface area contributed by atoms with Crippen molar-refractivity contribution in [3.05, 3.63) is 77.7 Å². The van der Waals surface area contributed by atoms with Crippen molar-refractivity contribution < 1.29 is 18.4 Å². The van der Waals surface area contributed by atoms with Gasteiger partial charge in [0.25, 0.3) is 0 Å². The summed E-state index contributed by atoms with van der Waals surface area (Å²) in [7, 11) is 0. The van der Waals surface area contributed by atoms with Crippen LogP contribution < -0.4 is 5.32 Å². The fourth-order valence-electron chi connectivity index (χ4n) is 5.42. The maximum absolute atomic E-state index is 13.5. The average molecular weight is 462 g/mol. The Bertz CT molecular complexity index is 1170. The van der Waals surface area contributed by atoms with Crippen molar-refractivity contribution in [2.45, 2.75) is 44.6 Å². The van der Waals surface area contributed by atoms with E-state index in [0.717, 1.165) is 53.8 Å². The van der Waals surface area contributed by atoms with Gasteiger partial charge < -0.3 is 14.6 Å². The van der Waals surface area contributed by atoms with Gasteiger partial charge in [-0.1, -0.05) is 29.4 Å². The summed E-state index contributed by atoms with van der Waals surface area (Å²) in [6.07, 6.45) is 11.2. The van der Waals surface area contributed by atoms with Crippen LogP contribution in [-0.2, 0) is 11.2 Å². The summed E-state index contributed by atoms with van der Waals surface area (Å²) in [5.41, 5.74) is 3.67. The third-order valence-corrected chi connectivity index (χ3v) is 7.00. The average Bonchev–Trinajstić information content (AvgIpc) is 3.30. The van der Waals surface area contributed by atoms with Crippen molar-refractivity contribution in [3.8, 4) is 11.1 Å². The van der Waals surface area contributed by atoms with Crippen LogP contribution in [0.2, 0.25) is 0 Å². The molecule has 1 N–H and O–H groups in total. The molecule has 2 heterocycles. The standard InChI is InChI=1S/C27H28FN3O3/c1-2-33-27(32)31-22-9-10-23-19(13-22)14-26-25(16-30-34-26)24(23)11-8-21-7-6-18(15-29-21)17-4-3-5-20(28)12-17/h3-8,11-12,15-16,19,22-24H,2,9-10,13-14H2,1H3,(H,31,32)/b11-8+/t19-,22-,23+,24-/m0/s1. The minimum atomic E-state index is -0.341. The number of carbonyl (C=O) groups excluding carboxylic acids is 1. The molecule has 7 heteroatoms. The molecule has 6 nitrogen and oxygen atoms in total. The first-order valence-electron chi connectivity index (χ1n) is 11.9. The van der Waals surface area contributed by atoms with Gasteiger partial charge in [0.1, 0.15) is 11.6 Å². The van der Waals surface area contributed by atoms with Crippen LogP contribution >= 0.6 is 0 Å². The van der Waals surface area contributed by atoms with Gasteiger partial charge in [-0.15, -0.1) is 0 Å². The van der Waals surface area contributed by atoms with Crippen molar-refractivity contribution in [1.29, 1.82) is 0 Å². The molecule has 176 valence electrons. The monoisotopic (exact) mass is 461 g/mol. The van der Waals surface area contributed by atoms with E-state index in [1.54, 1.807) is 12.3 Å². The third-order valence-electron chi connectivity index (χ3n) is 7.00. The van der Waals surface area contributed by atoms with E-state index in [9.17, 15) is 9.18 Å². The molecule has 1 aromatic carbocycles. The molecule has 4 atom stereocenters. The molecule has 1 saturated carbocycles. The molecule has 5 rings (SSSR count). The number of hydrogen-bond donors (Lipinski definition) is 1. The van der Waals surface area contributed by atoms with Gasteiger partial charge in [-0.05, 0) is 67.9 Å². The molecular formula is C27H28FN3O3. The normalized spacial score (nSPS) is 23.8. The predicted molar refractivity (Wildman–Crippen MR) is 126 cm³/mol. The highest BCUT2D eigenvalue weighted by Gasteiger charge is 2.41. The highest BCUT2D eigenvalue weighted by atomic mass is 19.1. The lowest BCUT2D eigenvalue weighted by molar-refractivity contribution is 0.126. The summed E-state index contributed by atoms with van der Waals surface area (Å²) >= 11 is 0. The summed E-state index contributed by atoms with van der Waals surface area (Å²) in [6.45, 7) is 2.18. The summed E-state index contributed by atoms with van der Waals surface area (Å²) in [6, 6.07) is 10.5. The number of allylic oxidation sites excluding steroid dienone is 1. The van der Waals surface area contributed by atoms with E-state index in [1.165, 1.54) is 12.1 Å². The number of halogens is 1. The molecule has 2 aliphatic rings. The molecule has 1 amide bonds. The Balaban J connectivity index is 1.32. The van der Waals surface area contributed by atoms with Gasteiger partial charge in [0.2, 0.25) is 0 Å². The van der Waals surface area contributed by atoms with Crippen LogP contribution in [0.25, 0.3) is 17.2 Å². The second kappa shape index (κ2) is 9.79. The van der Waals surface area contributed by atoms with Gasteiger partial charge in [-0.3, -0.25) is 4.98 Å². The van der Waals surface area contributed by atoms with Crippen molar-refractivity contribution in [1.82, 2.24) is 15.5 Å². The fraction of sp³-hybridized carbons (Fsp3) is 0.370. The van der Waals surface area contributed by atoms with E-state index in [1.807, 2.05) is 37.4 Å². The molecule has 1 fully saturated rings. The molecule has 3 aromatic rings. The van der Waals surface area contributed by atoms with Crippen LogP contribution in [-0.4, -0.2) is 28.9 Å². The molecule has 2 aromatic heterocycles. The molecule has 34 heavy (non-hydrogen) atoms. The van der Waals surface area contributed by atoms with Crippen LogP contribution in [0, 0.1) is 17.7 Å². The lowest BCUT2D eigenvalue weighted by Gasteiger charge is -2.42. The molecule has 0 saturated heterocycles. The molecule has 0 bridgehead atoms. The summed E-state index contributed by atoms with van der Waals surface area (Å²) < 4.78 is 24.2. The first-order chi connectivity index (χ1) is 16.6. The Kier molecular flexibility index (Phi) is 6.43. The predicted octanol–water partition coefficient (Wildman–Crippen LogP) is 5.76. The Hall–Kier alpha value is -3.48. The van der Waals surface area contributed by atoms with Crippen LogP contribution in [0.1, 0.15) is 49.1 Å². The smallest absolute Gasteiger partial charge is 0.407 e. The highest BCUT2D eigenvalue weighted by Crippen LogP contribution is 2.47. The van der Waals surface area contributed by atoms with Crippen LogP contribution in [0.15, 0.2) is 59.4 Å². The SMILES string of the molecule is CCOC(=O)N[C@H]1CC[C@@H]2[C@H](Cc3oncc3[C@H]2/C=C/c2ccc(-c3cccc(F)c3)cn2)C1. The van der Waals surface area contributed by atoms with E-state index < -0.39 is 0 Å². The number of nitrogens with zero attached hydrogens (tertiary/aromatic N) is 2. The van der Waals surface area contributed by atoms with Crippen molar-refractivity contribution in [2.24, 2.45) is 11.8 Å². The van der Waals surface area contributed by atoms with E-state index in [4.69, 9.17) is 9.26 Å².